The van der Waals surface area contributed by atoms with Crippen molar-refractivity contribution >= 4 is 27.5 Å². The van der Waals surface area contributed by atoms with E-state index in [1.807, 2.05) is 26.0 Å². The van der Waals surface area contributed by atoms with Gasteiger partial charge in [0.1, 0.15) is 0 Å². The van der Waals surface area contributed by atoms with E-state index in [1.165, 1.54) is 0 Å². The van der Waals surface area contributed by atoms with Gasteiger partial charge in [-0.25, -0.2) is 8.42 Å². The zero-order valence-electron chi connectivity index (χ0n) is 20.2. The number of likely N-dealkylation sites (tertiary alicyclic amines) is 1. The van der Waals surface area contributed by atoms with Gasteiger partial charge in [0.25, 0.3) is 15.9 Å². The van der Waals surface area contributed by atoms with Gasteiger partial charge in [-0.1, -0.05) is 39.3 Å². The van der Waals surface area contributed by atoms with Gasteiger partial charge in [0.05, 0.1) is 10.8 Å². The van der Waals surface area contributed by atoms with Crippen LogP contribution in [0.25, 0.3) is 0 Å². The highest BCUT2D eigenvalue weighted by atomic mass is 32.2. The summed E-state index contributed by atoms with van der Waals surface area (Å²) >= 11 is 0. The first kappa shape index (κ1) is 25.7. The van der Waals surface area contributed by atoms with Crippen molar-refractivity contribution in [3.05, 3.63) is 59.7 Å². The van der Waals surface area contributed by atoms with Crippen molar-refractivity contribution in [2.24, 2.45) is 11.8 Å². The Morgan fingerprint density at radius 1 is 1.06 bits per heavy atom. The maximum Gasteiger partial charge on any atom is 0.261 e. The molecule has 0 radical (unpaired) electrons. The van der Waals surface area contributed by atoms with Gasteiger partial charge < -0.3 is 10.2 Å². The molecular weight excluding hydrogens is 450 g/mol. The van der Waals surface area contributed by atoms with Gasteiger partial charge in [-0.3, -0.25) is 14.3 Å². The SMILES string of the molecule is CCCc1ccc(S(=O)(=O)Nc2ccc(C(=O)N3CCC[C@H](C(=O)NCC(C)C)C3)cc2)cc1. The Morgan fingerprint density at radius 2 is 1.74 bits per heavy atom. The zero-order valence-corrected chi connectivity index (χ0v) is 21.0. The van der Waals surface area contributed by atoms with Gasteiger partial charge in [-0.05, 0) is 67.1 Å². The summed E-state index contributed by atoms with van der Waals surface area (Å²) in [4.78, 5) is 27.3. The number of hydrogen-bond donors (Lipinski definition) is 2. The van der Waals surface area contributed by atoms with Gasteiger partial charge >= 0.3 is 0 Å². The minimum atomic E-state index is -3.72. The molecule has 1 fully saturated rings. The molecule has 1 atom stereocenters. The fourth-order valence-corrected chi connectivity index (χ4v) is 5.08. The topological polar surface area (TPSA) is 95.6 Å². The molecule has 1 aliphatic heterocycles. The Bertz CT molecular complexity index is 1080. The number of hydrogen-bond acceptors (Lipinski definition) is 4. The summed E-state index contributed by atoms with van der Waals surface area (Å²) in [7, 11) is -3.72. The third-order valence-corrected chi connectivity index (χ3v) is 7.32. The molecule has 2 aromatic carbocycles. The summed E-state index contributed by atoms with van der Waals surface area (Å²) < 4.78 is 28.0. The zero-order chi connectivity index (χ0) is 24.7. The van der Waals surface area contributed by atoms with Crippen molar-refractivity contribution in [2.75, 3.05) is 24.4 Å². The lowest BCUT2D eigenvalue weighted by Crippen LogP contribution is -2.46. The van der Waals surface area contributed by atoms with E-state index in [4.69, 9.17) is 0 Å². The van der Waals surface area contributed by atoms with E-state index >= 15 is 0 Å². The average Bonchev–Trinajstić information content (AvgIpc) is 2.83. The molecule has 2 amide bonds. The van der Waals surface area contributed by atoms with E-state index in [0.717, 1.165) is 31.2 Å². The van der Waals surface area contributed by atoms with Gasteiger partial charge in [0.2, 0.25) is 5.91 Å². The third kappa shape index (κ3) is 6.82. The Labute approximate surface area is 203 Å². The number of aryl methyl sites for hydroxylation is 1. The summed E-state index contributed by atoms with van der Waals surface area (Å²) in [6, 6.07) is 13.3. The van der Waals surface area contributed by atoms with E-state index in [0.29, 0.717) is 36.8 Å². The van der Waals surface area contributed by atoms with Crippen molar-refractivity contribution in [2.45, 2.75) is 51.3 Å². The quantitative estimate of drug-likeness (QED) is 0.560. The number of sulfonamides is 1. The molecular formula is C26H35N3O4S. The Hall–Kier alpha value is -2.87. The maximum absolute atomic E-state index is 13.0. The van der Waals surface area contributed by atoms with Gasteiger partial charge in [0, 0.05) is 30.9 Å². The molecule has 1 saturated heterocycles. The molecule has 0 aliphatic carbocycles. The van der Waals surface area contributed by atoms with Crippen molar-refractivity contribution in [3.8, 4) is 0 Å². The van der Waals surface area contributed by atoms with Crippen LogP contribution in [0, 0.1) is 11.8 Å². The Kier molecular flexibility index (Phi) is 8.72. The van der Waals surface area contributed by atoms with Gasteiger partial charge in [-0.2, -0.15) is 0 Å². The highest BCUT2D eigenvalue weighted by Crippen LogP contribution is 2.21. The monoisotopic (exact) mass is 485 g/mol. The first-order chi connectivity index (χ1) is 16.2. The first-order valence-corrected chi connectivity index (χ1v) is 13.5. The lowest BCUT2D eigenvalue weighted by atomic mass is 9.96. The van der Waals surface area contributed by atoms with Crippen LogP contribution in [0.1, 0.15) is 56.0 Å². The van der Waals surface area contributed by atoms with Crippen LogP contribution in [0.4, 0.5) is 5.69 Å². The molecule has 0 unspecified atom stereocenters. The van der Waals surface area contributed by atoms with E-state index in [1.54, 1.807) is 41.3 Å². The van der Waals surface area contributed by atoms with Crippen LogP contribution in [0.2, 0.25) is 0 Å². The minimum Gasteiger partial charge on any atom is -0.356 e. The largest absolute Gasteiger partial charge is 0.356 e. The van der Waals surface area contributed by atoms with E-state index in [-0.39, 0.29) is 22.6 Å². The summed E-state index contributed by atoms with van der Waals surface area (Å²) in [6.07, 6.45) is 3.46. The standard InChI is InChI=1S/C26H35N3O4S/c1-4-6-20-8-14-24(15-9-20)34(32,33)28-23-12-10-21(11-13-23)26(31)29-16-5-7-22(18-29)25(30)27-17-19(2)3/h8-15,19,22,28H,4-7,16-18H2,1-3H3,(H,27,30)/t22-/m0/s1. The van der Waals surface area contributed by atoms with Crippen LogP contribution in [0.5, 0.6) is 0 Å². The second-order valence-electron chi connectivity index (χ2n) is 9.31. The molecule has 2 N–H and O–H groups in total. The number of carbonyl (C=O) groups excluding carboxylic acids is 2. The fraction of sp³-hybridized carbons (Fsp3) is 0.462. The number of rotatable bonds is 9. The number of carbonyl (C=O) groups is 2. The Morgan fingerprint density at radius 3 is 2.35 bits per heavy atom. The van der Waals surface area contributed by atoms with Crippen molar-refractivity contribution < 1.29 is 18.0 Å². The third-order valence-electron chi connectivity index (χ3n) is 5.92. The van der Waals surface area contributed by atoms with E-state index in [9.17, 15) is 18.0 Å². The van der Waals surface area contributed by atoms with Crippen molar-refractivity contribution in [1.29, 1.82) is 0 Å². The molecule has 7 nitrogen and oxygen atoms in total. The summed E-state index contributed by atoms with van der Waals surface area (Å²) in [5.41, 5.74) is 1.95. The minimum absolute atomic E-state index is 0.00122. The highest BCUT2D eigenvalue weighted by Gasteiger charge is 2.29. The molecule has 1 aliphatic rings. The average molecular weight is 486 g/mol. The van der Waals surface area contributed by atoms with Crippen LogP contribution in [0.3, 0.4) is 0 Å². The maximum atomic E-state index is 13.0. The molecule has 0 bridgehead atoms. The second-order valence-corrected chi connectivity index (χ2v) is 11.0. The molecule has 0 aromatic heterocycles. The van der Waals surface area contributed by atoms with Gasteiger partial charge in [0.15, 0.2) is 0 Å². The smallest absolute Gasteiger partial charge is 0.261 e. The summed E-state index contributed by atoms with van der Waals surface area (Å²) in [5, 5.41) is 2.96. The van der Waals surface area contributed by atoms with Crippen molar-refractivity contribution in [3.63, 3.8) is 0 Å². The molecule has 0 spiro atoms. The van der Waals surface area contributed by atoms with E-state index < -0.39 is 10.0 Å². The fourth-order valence-electron chi connectivity index (χ4n) is 4.03. The summed E-state index contributed by atoms with van der Waals surface area (Å²) in [6.45, 7) is 7.80. The van der Waals surface area contributed by atoms with Crippen LogP contribution in [-0.4, -0.2) is 44.8 Å². The molecule has 0 saturated carbocycles. The molecule has 1 heterocycles. The number of piperidine rings is 1. The number of benzene rings is 2. The van der Waals surface area contributed by atoms with Crippen LogP contribution >= 0.6 is 0 Å². The predicted octanol–water partition coefficient (Wildman–Crippen LogP) is 4.06. The summed E-state index contributed by atoms with van der Waals surface area (Å²) in [5.74, 6) is 0.0221. The lowest BCUT2D eigenvalue weighted by Gasteiger charge is -2.32. The number of anilines is 1. The molecule has 3 rings (SSSR count). The first-order valence-electron chi connectivity index (χ1n) is 12.0. The number of nitrogens with one attached hydrogen (secondary N) is 2. The number of nitrogens with zero attached hydrogens (tertiary/aromatic N) is 1. The molecule has 34 heavy (non-hydrogen) atoms. The highest BCUT2D eigenvalue weighted by molar-refractivity contribution is 7.92. The van der Waals surface area contributed by atoms with Crippen molar-refractivity contribution in [1.82, 2.24) is 10.2 Å². The Balaban J connectivity index is 1.62. The van der Waals surface area contributed by atoms with Crippen LogP contribution < -0.4 is 10.0 Å². The molecule has 184 valence electrons. The lowest BCUT2D eigenvalue weighted by molar-refractivity contribution is -0.126. The van der Waals surface area contributed by atoms with Crippen LogP contribution in [-0.2, 0) is 21.2 Å². The molecule has 2 aromatic rings. The number of amides is 2. The van der Waals surface area contributed by atoms with Gasteiger partial charge in [-0.15, -0.1) is 0 Å². The van der Waals surface area contributed by atoms with Crippen LogP contribution in [0.15, 0.2) is 53.4 Å². The molecule has 8 heteroatoms. The normalized spacial score (nSPS) is 16.4. The predicted molar refractivity (Wildman–Crippen MR) is 134 cm³/mol. The van der Waals surface area contributed by atoms with E-state index in [2.05, 4.69) is 17.0 Å². The second kappa shape index (κ2) is 11.5.